The maximum absolute atomic E-state index is 11.9. The number of phenolic OH excluding ortho intramolecular Hbond substituents is 2. The number of hydrogen-bond donors (Lipinski definition) is 2. The Morgan fingerprint density at radius 1 is 0.434 bits per heavy atom. The minimum absolute atomic E-state index is 0.169. The number of hydrogen-bond acceptors (Lipinski definition) is 2. The summed E-state index contributed by atoms with van der Waals surface area (Å²) in [5, 5.41) is 23.8. The van der Waals surface area contributed by atoms with Gasteiger partial charge in [0.15, 0.2) is 0 Å². The second kappa shape index (κ2) is 25.9. The van der Waals surface area contributed by atoms with Gasteiger partial charge < -0.3 is 10.2 Å². The number of unbranched alkanes of at least 4 members (excludes halogenated alkanes) is 12. The predicted molar refractivity (Wildman–Crippen MR) is 235 cm³/mol. The predicted octanol–water partition coefficient (Wildman–Crippen LogP) is 15.7. The summed E-state index contributed by atoms with van der Waals surface area (Å²) in [7, 11) is 0. The minimum Gasteiger partial charge on any atom is -0.507 e. The molecule has 53 heavy (non-hydrogen) atoms. The molecule has 0 radical (unpaired) electrons. The molecule has 0 saturated carbocycles. The molecule has 0 aliphatic heterocycles. The molecule has 0 saturated heterocycles. The van der Waals surface area contributed by atoms with Crippen LogP contribution in [0.3, 0.4) is 0 Å². The maximum atomic E-state index is 11.9. The van der Waals surface area contributed by atoms with Crippen molar-refractivity contribution in [1.29, 1.82) is 0 Å². The van der Waals surface area contributed by atoms with Gasteiger partial charge in [0, 0.05) is 17.5 Å². The Labute approximate surface area is 328 Å². The fourth-order valence-corrected chi connectivity index (χ4v) is 7.17. The summed E-state index contributed by atoms with van der Waals surface area (Å²) in [6.45, 7) is 17.5. The highest BCUT2D eigenvalue weighted by atomic mass is 16.3. The standard InChI is InChI=1S/C51H80O2/c1-9-11-13-15-17-19-21-23-25-27-29-31-33-35-42-37-39-46(50(3,4)5)48(52)44(42)41-45-43(38-40-47(49(45)53)51(6,7)8)36-34-32-30-28-26-24-22-20-18-16-14-12-10-2/h13-16,19-22,37-40,52-53H,9-12,17-18,23-36,41H2,1-8H3/b15-13+,16-14+,21-19+,22-20+. The zero-order valence-electron chi connectivity index (χ0n) is 35.7. The number of phenols is 2. The topological polar surface area (TPSA) is 40.5 Å². The lowest BCUT2D eigenvalue weighted by Gasteiger charge is -2.26. The molecule has 0 aliphatic rings. The summed E-state index contributed by atoms with van der Waals surface area (Å²) in [6.07, 6.45) is 42.3. The molecule has 2 aromatic rings. The van der Waals surface area contributed by atoms with Gasteiger partial charge in [-0.1, -0.05) is 180 Å². The molecule has 0 amide bonds. The van der Waals surface area contributed by atoms with Gasteiger partial charge in [-0.2, -0.15) is 0 Å². The molecule has 0 atom stereocenters. The van der Waals surface area contributed by atoms with E-state index in [4.69, 9.17) is 0 Å². The number of benzene rings is 2. The van der Waals surface area contributed by atoms with Crippen LogP contribution in [0.1, 0.15) is 204 Å². The first-order valence-electron chi connectivity index (χ1n) is 21.7. The van der Waals surface area contributed by atoms with Crippen LogP contribution >= 0.6 is 0 Å². The highest BCUT2D eigenvalue weighted by Gasteiger charge is 2.26. The van der Waals surface area contributed by atoms with E-state index in [2.05, 4.69) is 128 Å². The van der Waals surface area contributed by atoms with Crippen LogP contribution < -0.4 is 0 Å². The number of aromatic hydroxyl groups is 2. The van der Waals surface area contributed by atoms with Gasteiger partial charge in [0.1, 0.15) is 11.5 Å². The monoisotopic (exact) mass is 725 g/mol. The largest absolute Gasteiger partial charge is 0.507 e. The molecule has 2 N–H and O–H groups in total. The fraction of sp³-hybridized carbons (Fsp3) is 0.608. The third-order valence-corrected chi connectivity index (χ3v) is 10.5. The summed E-state index contributed by atoms with van der Waals surface area (Å²) in [5.41, 5.74) is 6.11. The molecule has 0 spiro atoms. The fourth-order valence-electron chi connectivity index (χ4n) is 7.17. The molecule has 0 aromatic heterocycles. The number of rotatable bonds is 26. The van der Waals surface area contributed by atoms with Crippen molar-refractivity contribution >= 4 is 0 Å². The first-order chi connectivity index (χ1) is 25.4. The van der Waals surface area contributed by atoms with Crippen LogP contribution in [-0.2, 0) is 30.1 Å². The molecule has 0 aliphatic carbocycles. The molecule has 0 fully saturated rings. The average molecular weight is 725 g/mol. The van der Waals surface area contributed by atoms with Gasteiger partial charge in [-0.3, -0.25) is 0 Å². The quantitative estimate of drug-likeness (QED) is 0.0749. The molecule has 0 bridgehead atoms. The van der Waals surface area contributed by atoms with Crippen molar-refractivity contribution in [1.82, 2.24) is 0 Å². The number of aryl methyl sites for hydroxylation is 2. The SMILES string of the molecule is CCC/C=C/C/C=C/CCCCCCCc1ccc(C(C)(C)C)c(O)c1Cc1c(CCCCCCC/C=C/C/C=C/CCC)ccc(C(C)(C)C)c1O. The van der Waals surface area contributed by atoms with E-state index in [1.54, 1.807) is 0 Å². The van der Waals surface area contributed by atoms with Gasteiger partial charge in [0.25, 0.3) is 0 Å². The van der Waals surface area contributed by atoms with Crippen molar-refractivity contribution in [3.8, 4) is 11.5 Å². The van der Waals surface area contributed by atoms with Gasteiger partial charge in [-0.15, -0.1) is 0 Å². The van der Waals surface area contributed by atoms with E-state index < -0.39 is 0 Å². The lowest BCUT2D eigenvalue weighted by molar-refractivity contribution is 0.433. The minimum atomic E-state index is -0.169. The Morgan fingerprint density at radius 2 is 0.774 bits per heavy atom. The number of allylic oxidation sites excluding steroid dienone is 8. The molecule has 0 heterocycles. The normalized spacial score (nSPS) is 12.8. The van der Waals surface area contributed by atoms with Gasteiger partial charge in [-0.25, -0.2) is 0 Å². The molecule has 2 heteroatoms. The highest BCUT2D eigenvalue weighted by molar-refractivity contribution is 5.55. The van der Waals surface area contributed by atoms with Crippen molar-refractivity contribution in [2.45, 2.75) is 201 Å². The van der Waals surface area contributed by atoms with Crippen LogP contribution in [0.15, 0.2) is 72.9 Å². The molecular formula is C51H80O2. The Bertz CT molecular complexity index is 1300. The zero-order valence-corrected chi connectivity index (χ0v) is 35.7. The lowest BCUT2D eigenvalue weighted by atomic mass is 9.80. The molecule has 2 rings (SSSR count). The first kappa shape index (κ1) is 46.2. The summed E-state index contributed by atoms with van der Waals surface area (Å²) in [6, 6.07) is 8.81. The maximum Gasteiger partial charge on any atom is 0.123 e. The van der Waals surface area contributed by atoms with Crippen LogP contribution in [0.2, 0.25) is 0 Å². The zero-order chi connectivity index (χ0) is 39.0. The van der Waals surface area contributed by atoms with Crippen LogP contribution in [0.4, 0.5) is 0 Å². The second-order valence-corrected chi connectivity index (χ2v) is 17.4. The smallest absolute Gasteiger partial charge is 0.123 e. The Balaban J connectivity index is 2.09. The van der Waals surface area contributed by atoms with E-state index in [1.807, 2.05) is 0 Å². The summed E-state index contributed by atoms with van der Waals surface area (Å²) in [4.78, 5) is 0. The van der Waals surface area contributed by atoms with Gasteiger partial charge in [0.2, 0.25) is 0 Å². The molecule has 2 aromatic carbocycles. The summed E-state index contributed by atoms with van der Waals surface area (Å²) in [5.74, 6) is 0.840. The van der Waals surface area contributed by atoms with Gasteiger partial charge in [-0.05, 0) is 110 Å². The highest BCUT2D eigenvalue weighted by Crippen LogP contribution is 2.41. The molecule has 296 valence electrons. The average Bonchev–Trinajstić information content (AvgIpc) is 3.10. The molecule has 2 nitrogen and oxygen atoms in total. The van der Waals surface area contributed by atoms with Crippen LogP contribution in [-0.4, -0.2) is 10.2 Å². The van der Waals surface area contributed by atoms with Crippen molar-refractivity contribution in [3.63, 3.8) is 0 Å². The van der Waals surface area contributed by atoms with Crippen molar-refractivity contribution in [2.24, 2.45) is 0 Å². The van der Waals surface area contributed by atoms with Gasteiger partial charge in [0.05, 0.1) is 0 Å². The van der Waals surface area contributed by atoms with E-state index in [-0.39, 0.29) is 10.8 Å². The van der Waals surface area contributed by atoms with Crippen molar-refractivity contribution < 1.29 is 10.2 Å². The van der Waals surface area contributed by atoms with E-state index in [0.717, 1.165) is 60.8 Å². The van der Waals surface area contributed by atoms with Crippen molar-refractivity contribution in [3.05, 3.63) is 106 Å². The summed E-state index contributed by atoms with van der Waals surface area (Å²) >= 11 is 0. The van der Waals surface area contributed by atoms with E-state index in [9.17, 15) is 10.2 Å². The first-order valence-corrected chi connectivity index (χ1v) is 21.7. The summed E-state index contributed by atoms with van der Waals surface area (Å²) < 4.78 is 0. The molecule has 0 unspecified atom stereocenters. The van der Waals surface area contributed by atoms with Crippen molar-refractivity contribution in [2.75, 3.05) is 0 Å². The Hall–Kier alpha value is -3.00. The lowest BCUT2D eigenvalue weighted by Crippen LogP contribution is -2.15. The second-order valence-electron chi connectivity index (χ2n) is 17.4. The third kappa shape index (κ3) is 18.3. The van der Waals surface area contributed by atoms with Crippen LogP contribution in [0.5, 0.6) is 11.5 Å². The van der Waals surface area contributed by atoms with E-state index >= 15 is 0 Å². The van der Waals surface area contributed by atoms with E-state index in [0.29, 0.717) is 17.9 Å². The Kier molecular flexibility index (Phi) is 22.6. The Morgan fingerprint density at radius 3 is 1.13 bits per heavy atom. The third-order valence-electron chi connectivity index (χ3n) is 10.5. The molecular weight excluding hydrogens is 645 g/mol. The van der Waals surface area contributed by atoms with Crippen LogP contribution in [0.25, 0.3) is 0 Å². The van der Waals surface area contributed by atoms with E-state index in [1.165, 1.54) is 101 Å². The van der Waals surface area contributed by atoms with Crippen LogP contribution in [0, 0.1) is 0 Å². The van der Waals surface area contributed by atoms with Gasteiger partial charge >= 0.3 is 0 Å².